The number of imidazole rings is 1. The van der Waals surface area contributed by atoms with Crippen molar-refractivity contribution >= 4 is 17.0 Å². The smallest absolute Gasteiger partial charge is 0.320 e. The topological polar surface area (TPSA) is 118 Å². The van der Waals surface area contributed by atoms with E-state index in [0.29, 0.717) is 0 Å². The number of H-pyrrole nitrogens is 1. The van der Waals surface area contributed by atoms with E-state index in [9.17, 15) is 4.79 Å². The number of nitrogens with zero attached hydrogens (tertiary/aromatic N) is 1. The number of hydrogen-bond donors (Lipinski definition) is 4. The van der Waals surface area contributed by atoms with Gasteiger partial charge in [-0.15, -0.1) is 0 Å². The Labute approximate surface area is 104 Å². The lowest BCUT2D eigenvalue weighted by atomic mass is 10.0. The molecule has 1 aromatic carbocycles. The van der Waals surface area contributed by atoms with Crippen LogP contribution in [0, 0.1) is 6.92 Å². The van der Waals surface area contributed by atoms with Crippen LogP contribution in [0.1, 0.15) is 23.9 Å². The van der Waals surface area contributed by atoms with Gasteiger partial charge < -0.3 is 21.6 Å². The van der Waals surface area contributed by atoms with Crippen molar-refractivity contribution in [1.82, 2.24) is 9.97 Å². The summed E-state index contributed by atoms with van der Waals surface area (Å²) in [5.74, 6) is -0.207. The Kier molecular flexibility index (Phi) is 3.31. The Hall–Kier alpha value is -1.92. The zero-order chi connectivity index (χ0) is 13.3. The van der Waals surface area contributed by atoms with Crippen LogP contribution < -0.4 is 11.5 Å². The first-order valence-corrected chi connectivity index (χ1v) is 5.67. The Morgan fingerprint density at radius 3 is 2.89 bits per heavy atom. The molecule has 0 aliphatic carbocycles. The standard InChI is InChI=1S/C12H16N4O2/c1-6-15-10-3-2-7(4-11(10)16-6)8(13)5-9(14)12(17)18/h2-4,8-9H,5,13-14H2,1H3,(H,15,16)(H,17,18). The van der Waals surface area contributed by atoms with E-state index in [-0.39, 0.29) is 6.42 Å². The summed E-state index contributed by atoms with van der Waals surface area (Å²) in [4.78, 5) is 18.1. The molecule has 0 radical (unpaired) electrons. The number of aromatic amines is 1. The molecule has 0 saturated heterocycles. The highest BCUT2D eigenvalue weighted by Gasteiger charge is 2.17. The lowest BCUT2D eigenvalue weighted by Gasteiger charge is -2.14. The van der Waals surface area contributed by atoms with Crippen LogP contribution in [0.25, 0.3) is 11.0 Å². The highest BCUT2D eigenvalue weighted by Crippen LogP contribution is 2.20. The molecule has 2 rings (SSSR count). The van der Waals surface area contributed by atoms with Crippen LogP contribution in [-0.2, 0) is 4.79 Å². The van der Waals surface area contributed by atoms with Gasteiger partial charge in [0, 0.05) is 6.04 Å². The van der Waals surface area contributed by atoms with Crippen LogP contribution in [0.2, 0.25) is 0 Å². The second-order valence-corrected chi connectivity index (χ2v) is 4.39. The van der Waals surface area contributed by atoms with Crippen molar-refractivity contribution in [2.24, 2.45) is 11.5 Å². The zero-order valence-electron chi connectivity index (χ0n) is 10.1. The van der Waals surface area contributed by atoms with Crippen LogP contribution >= 0.6 is 0 Å². The molecule has 6 nitrogen and oxygen atoms in total. The largest absolute Gasteiger partial charge is 0.480 e. The van der Waals surface area contributed by atoms with E-state index in [1.807, 2.05) is 25.1 Å². The molecular formula is C12H16N4O2. The summed E-state index contributed by atoms with van der Waals surface area (Å²) in [5.41, 5.74) is 14.0. The van der Waals surface area contributed by atoms with Gasteiger partial charge in [-0.1, -0.05) is 6.07 Å². The molecule has 2 unspecified atom stereocenters. The van der Waals surface area contributed by atoms with Gasteiger partial charge >= 0.3 is 5.97 Å². The van der Waals surface area contributed by atoms with Crippen molar-refractivity contribution in [3.63, 3.8) is 0 Å². The maximum absolute atomic E-state index is 10.7. The predicted molar refractivity (Wildman–Crippen MR) is 68.0 cm³/mol. The van der Waals surface area contributed by atoms with Gasteiger partial charge in [0.05, 0.1) is 11.0 Å². The van der Waals surface area contributed by atoms with Gasteiger partial charge in [0.1, 0.15) is 11.9 Å². The van der Waals surface area contributed by atoms with Crippen molar-refractivity contribution in [3.05, 3.63) is 29.6 Å². The van der Waals surface area contributed by atoms with Crippen molar-refractivity contribution in [1.29, 1.82) is 0 Å². The quantitative estimate of drug-likeness (QED) is 0.634. The van der Waals surface area contributed by atoms with Gasteiger partial charge in [0.15, 0.2) is 0 Å². The molecule has 6 N–H and O–H groups in total. The number of rotatable bonds is 4. The number of carboxylic acid groups (broad SMARTS) is 1. The summed E-state index contributed by atoms with van der Waals surface area (Å²) in [6.07, 6.45) is 0.202. The molecular weight excluding hydrogens is 232 g/mol. The average molecular weight is 248 g/mol. The van der Waals surface area contributed by atoms with Gasteiger partial charge in [0.25, 0.3) is 0 Å². The van der Waals surface area contributed by atoms with Crippen LogP contribution in [0.15, 0.2) is 18.2 Å². The number of nitrogens with two attached hydrogens (primary N) is 2. The summed E-state index contributed by atoms with van der Waals surface area (Å²) in [6.45, 7) is 1.87. The SMILES string of the molecule is Cc1nc2ccc(C(N)CC(N)C(=O)O)cc2[nH]1. The molecule has 6 heteroatoms. The molecule has 0 aliphatic heterocycles. The van der Waals surface area contributed by atoms with E-state index in [1.165, 1.54) is 0 Å². The lowest BCUT2D eigenvalue weighted by Crippen LogP contribution is -2.33. The summed E-state index contributed by atoms with van der Waals surface area (Å²) in [5, 5.41) is 8.76. The van der Waals surface area contributed by atoms with E-state index >= 15 is 0 Å². The molecule has 0 fully saturated rings. The minimum atomic E-state index is -1.04. The van der Waals surface area contributed by atoms with Crippen LogP contribution in [-0.4, -0.2) is 27.1 Å². The van der Waals surface area contributed by atoms with Crippen molar-refractivity contribution < 1.29 is 9.90 Å². The Morgan fingerprint density at radius 2 is 2.22 bits per heavy atom. The Morgan fingerprint density at radius 1 is 1.50 bits per heavy atom. The van der Waals surface area contributed by atoms with Crippen molar-refractivity contribution in [2.75, 3.05) is 0 Å². The summed E-state index contributed by atoms with van der Waals surface area (Å²) < 4.78 is 0. The maximum atomic E-state index is 10.7. The number of nitrogens with one attached hydrogen (secondary N) is 1. The molecule has 2 aromatic rings. The van der Waals surface area contributed by atoms with Gasteiger partial charge in [-0.3, -0.25) is 4.79 Å². The number of aliphatic carboxylic acids is 1. The maximum Gasteiger partial charge on any atom is 0.320 e. The molecule has 18 heavy (non-hydrogen) atoms. The second-order valence-electron chi connectivity index (χ2n) is 4.39. The average Bonchev–Trinajstić information content (AvgIpc) is 2.67. The molecule has 0 saturated carbocycles. The molecule has 0 amide bonds. The third kappa shape index (κ3) is 2.49. The Bertz CT molecular complexity index is 578. The minimum Gasteiger partial charge on any atom is -0.480 e. The second kappa shape index (κ2) is 4.75. The van der Waals surface area contributed by atoms with E-state index in [4.69, 9.17) is 16.6 Å². The van der Waals surface area contributed by atoms with E-state index < -0.39 is 18.1 Å². The van der Waals surface area contributed by atoms with Crippen LogP contribution in [0.3, 0.4) is 0 Å². The number of carboxylic acids is 1. The van der Waals surface area contributed by atoms with Crippen LogP contribution in [0.4, 0.5) is 0 Å². The Balaban J connectivity index is 2.22. The summed E-state index contributed by atoms with van der Waals surface area (Å²) in [7, 11) is 0. The highest BCUT2D eigenvalue weighted by molar-refractivity contribution is 5.76. The lowest BCUT2D eigenvalue weighted by molar-refractivity contribution is -0.138. The first kappa shape index (κ1) is 12.5. The number of aromatic nitrogens is 2. The van der Waals surface area contributed by atoms with Crippen molar-refractivity contribution in [3.8, 4) is 0 Å². The van der Waals surface area contributed by atoms with Crippen LogP contribution in [0.5, 0.6) is 0 Å². The third-order valence-corrected chi connectivity index (χ3v) is 2.88. The number of benzene rings is 1. The van der Waals surface area contributed by atoms with Gasteiger partial charge in [-0.25, -0.2) is 4.98 Å². The van der Waals surface area contributed by atoms with E-state index in [1.54, 1.807) is 0 Å². The fraction of sp³-hybridized carbons (Fsp3) is 0.333. The molecule has 0 bridgehead atoms. The first-order chi connectivity index (χ1) is 8.47. The zero-order valence-corrected chi connectivity index (χ0v) is 10.1. The number of carbonyl (C=O) groups is 1. The van der Waals surface area contributed by atoms with E-state index in [2.05, 4.69) is 9.97 Å². The third-order valence-electron chi connectivity index (χ3n) is 2.88. The fourth-order valence-corrected chi connectivity index (χ4v) is 1.90. The number of fused-ring (bicyclic) bond motifs is 1. The fourth-order valence-electron chi connectivity index (χ4n) is 1.90. The molecule has 1 aromatic heterocycles. The van der Waals surface area contributed by atoms with Gasteiger partial charge in [0.2, 0.25) is 0 Å². The molecule has 96 valence electrons. The normalized spacial score (nSPS) is 14.6. The number of hydrogen-bond acceptors (Lipinski definition) is 4. The number of aryl methyl sites for hydroxylation is 1. The van der Waals surface area contributed by atoms with E-state index in [0.717, 1.165) is 22.4 Å². The molecule has 0 spiro atoms. The molecule has 0 aliphatic rings. The molecule has 1 heterocycles. The van der Waals surface area contributed by atoms with Gasteiger partial charge in [-0.05, 0) is 31.0 Å². The molecule has 2 atom stereocenters. The predicted octanol–water partition coefficient (Wildman–Crippen LogP) is 0.673. The van der Waals surface area contributed by atoms with Crippen molar-refractivity contribution in [2.45, 2.75) is 25.4 Å². The van der Waals surface area contributed by atoms with Gasteiger partial charge in [-0.2, -0.15) is 0 Å². The summed E-state index contributed by atoms with van der Waals surface area (Å²) >= 11 is 0. The summed E-state index contributed by atoms with van der Waals surface area (Å²) in [6, 6.07) is 4.25. The monoisotopic (exact) mass is 248 g/mol. The highest BCUT2D eigenvalue weighted by atomic mass is 16.4. The minimum absolute atomic E-state index is 0.202. The first-order valence-electron chi connectivity index (χ1n) is 5.67.